The molecule has 0 saturated carbocycles. The Morgan fingerprint density at radius 1 is 1.00 bits per heavy atom. The summed E-state index contributed by atoms with van der Waals surface area (Å²) in [5.41, 5.74) is 4.73. The van der Waals surface area contributed by atoms with Crippen LogP contribution in [0, 0.1) is 5.92 Å². The van der Waals surface area contributed by atoms with Crippen LogP contribution in [0.1, 0.15) is 25.0 Å². The summed E-state index contributed by atoms with van der Waals surface area (Å²) < 4.78 is 4.58. The molecule has 0 aromatic heterocycles. The standard InChI is InChI=1S/C20H22O2/c1-15(2)14-17-6-11-19(12-7-17)18-9-4-16(5-10-18)8-13-20(21)22-3/h4-13,15H,14H2,1-3H3. The van der Waals surface area contributed by atoms with Crippen molar-refractivity contribution < 1.29 is 9.53 Å². The second-order valence-electron chi connectivity index (χ2n) is 5.77. The van der Waals surface area contributed by atoms with E-state index in [9.17, 15) is 4.79 Å². The van der Waals surface area contributed by atoms with E-state index in [4.69, 9.17) is 0 Å². The van der Waals surface area contributed by atoms with Crippen molar-refractivity contribution in [2.45, 2.75) is 20.3 Å². The highest BCUT2D eigenvalue weighted by Gasteiger charge is 2.00. The van der Waals surface area contributed by atoms with E-state index in [0.29, 0.717) is 5.92 Å². The molecule has 0 fully saturated rings. The summed E-state index contributed by atoms with van der Waals surface area (Å²) in [5.74, 6) is 0.330. The number of esters is 1. The maximum absolute atomic E-state index is 11.1. The van der Waals surface area contributed by atoms with Gasteiger partial charge < -0.3 is 4.74 Å². The number of ether oxygens (including phenoxy) is 1. The molecule has 0 heterocycles. The van der Waals surface area contributed by atoms with Gasteiger partial charge in [-0.25, -0.2) is 4.79 Å². The van der Waals surface area contributed by atoms with Crippen molar-refractivity contribution in [3.63, 3.8) is 0 Å². The van der Waals surface area contributed by atoms with E-state index in [1.807, 2.05) is 12.1 Å². The van der Waals surface area contributed by atoms with Gasteiger partial charge in [-0.15, -0.1) is 0 Å². The van der Waals surface area contributed by atoms with E-state index in [1.54, 1.807) is 6.08 Å². The van der Waals surface area contributed by atoms with Gasteiger partial charge in [0.25, 0.3) is 0 Å². The highest BCUT2D eigenvalue weighted by atomic mass is 16.5. The molecule has 2 nitrogen and oxygen atoms in total. The summed E-state index contributed by atoms with van der Waals surface area (Å²) in [5, 5.41) is 0. The molecule has 2 rings (SSSR count). The van der Waals surface area contributed by atoms with Crippen LogP contribution in [0.25, 0.3) is 17.2 Å². The molecule has 0 spiro atoms. The van der Waals surface area contributed by atoms with Gasteiger partial charge in [0, 0.05) is 6.08 Å². The molecule has 2 aromatic rings. The largest absolute Gasteiger partial charge is 0.466 e. The van der Waals surface area contributed by atoms with E-state index >= 15 is 0 Å². The van der Waals surface area contributed by atoms with Crippen LogP contribution in [0.2, 0.25) is 0 Å². The highest BCUT2D eigenvalue weighted by Crippen LogP contribution is 2.21. The zero-order valence-corrected chi connectivity index (χ0v) is 13.4. The molecule has 0 aliphatic heterocycles. The fourth-order valence-electron chi connectivity index (χ4n) is 2.32. The Bertz CT molecular complexity index is 634. The molecule has 0 aliphatic carbocycles. The Morgan fingerprint density at radius 3 is 2.05 bits per heavy atom. The molecule has 0 saturated heterocycles. The first-order valence-corrected chi connectivity index (χ1v) is 7.54. The van der Waals surface area contributed by atoms with Crippen molar-refractivity contribution >= 4 is 12.0 Å². The second kappa shape index (κ2) is 7.60. The van der Waals surface area contributed by atoms with Crippen molar-refractivity contribution in [3.8, 4) is 11.1 Å². The Balaban J connectivity index is 2.10. The fourth-order valence-corrected chi connectivity index (χ4v) is 2.32. The van der Waals surface area contributed by atoms with Crippen molar-refractivity contribution in [1.29, 1.82) is 0 Å². The maximum Gasteiger partial charge on any atom is 0.330 e. The van der Waals surface area contributed by atoms with Gasteiger partial charge in [0.05, 0.1) is 7.11 Å². The third-order valence-electron chi connectivity index (χ3n) is 3.45. The summed E-state index contributed by atoms with van der Waals surface area (Å²) >= 11 is 0. The van der Waals surface area contributed by atoms with Crippen LogP contribution in [-0.4, -0.2) is 13.1 Å². The van der Waals surface area contributed by atoms with Crippen LogP contribution in [0.15, 0.2) is 54.6 Å². The first kappa shape index (κ1) is 16.0. The Kier molecular flexibility index (Phi) is 5.54. The van der Waals surface area contributed by atoms with Gasteiger partial charge in [-0.2, -0.15) is 0 Å². The minimum absolute atomic E-state index is 0.343. The predicted octanol–water partition coefficient (Wildman–Crippen LogP) is 4.74. The summed E-state index contributed by atoms with van der Waals surface area (Å²) in [6.45, 7) is 4.46. The Morgan fingerprint density at radius 2 is 1.55 bits per heavy atom. The van der Waals surface area contributed by atoms with Crippen LogP contribution >= 0.6 is 0 Å². The SMILES string of the molecule is COC(=O)C=Cc1ccc(-c2ccc(CC(C)C)cc2)cc1. The van der Waals surface area contributed by atoms with Crippen LogP contribution in [0.4, 0.5) is 0 Å². The topological polar surface area (TPSA) is 26.3 Å². The van der Waals surface area contributed by atoms with E-state index in [2.05, 4.69) is 55.0 Å². The quantitative estimate of drug-likeness (QED) is 0.588. The molecular weight excluding hydrogens is 272 g/mol. The lowest BCUT2D eigenvalue weighted by molar-refractivity contribution is -0.134. The molecule has 0 N–H and O–H groups in total. The van der Waals surface area contributed by atoms with Gasteiger partial charge >= 0.3 is 5.97 Å². The first-order chi connectivity index (χ1) is 10.6. The molecule has 0 amide bonds. The predicted molar refractivity (Wildman–Crippen MR) is 91.5 cm³/mol. The summed E-state index contributed by atoms with van der Waals surface area (Å²) in [4.78, 5) is 11.1. The number of hydrogen-bond acceptors (Lipinski definition) is 2. The van der Waals surface area contributed by atoms with E-state index in [-0.39, 0.29) is 5.97 Å². The molecule has 2 aromatic carbocycles. The zero-order chi connectivity index (χ0) is 15.9. The molecule has 114 valence electrons. The molecule has 2 heteroatoms. The monoisotopic (exact) mass is 294 g/mol. The minimum atomic E-state index is -0.343. The summed E-state index contributed by atoms with van der Waals surface area (Å²) in [6, 6.07) is 16.8. The fraction of sp³-hybridized carbons (Fsp3) is 0.250. The highest BCUT2D eigenvalue weighted by molar-refractivity contribution is 5.87. The molecule has 0 radical (unpaired) electrons. The summed E-state index contributed by atoms with van der Waals surface area (Å²) in [6.07, 6.45) is 4.29. The number of benzene rings is 2. The van der Waals surface area contributed by atoms with Gasteiger partial charge in [-0.3, -0.25) is 0 Å². The van der Waals surface area contributed by atoms with Crippen molar-refractivity contribution in [3.05, 3.63) is 65.7 Å². The maximum atomic E-state index is 11.1. The Labute approximate surface area is 132 Å². The summed E-state index contributed by atoms with van der Waals surface area (Å²) in [7, 11) is 1.37. The lowest BCUT2D eigenvalue weighted by Gasteiger charge is -2.07. The first-order valence-electron chi connectivity index (χ1n) is 7.54. The Hall–Kier alpha value is -2.35. The van der Waals surface area contributed by atoms with E-state index < -0.39 is 0 Å². The van der Waals surface area contributed by atoms with Gasteiger partial charge in [0.2, 0.25) is 0 Å². The van der Waals surface area contributed by atoms with E-state index in [1.165, 1.54) is 29.9 Å². The third-order valence-corrected chi connectivity index (χ3v) is 3.45. The van der Waals surface area contributed by atoms with Crippen LogP contribution in [0.5, 0.6) is 0 Å². The normalized spacial score (nSPS) is 11.1. The number of rotatable bonds is 5. The van der Waals surface area contributed by atoms with E-state index in [0.717, 1.165) is 12.0 Å². The van der Waals surface area contributed by atoms with Crippen LogP contribution in [-0.2, 0) is 16.0 Å². The van der Waals surface area contributed by atoms with Crippen LogP contribution < -0.4 is 0 Å². The molecule has 0 aliphatic rings. The lowest BCUT2D eigenvalue weighted by atomic mass is 9.98. The van der Waals surface area contributed by atoms with Crippen molar-refractivity contribution in [2.24, 2.45) is 5.92 Å². The minimum Gasteiger partial charge on any atom is -0.466 e. The number of hydrogen-bond donors (Lipinski definition) is 0. The second-order valence-corrected chi connectivity index (χ2v) is 5.77. The van der Waals surface area contributed by atoms with Gasteiger partial charge in [-0.05, 0) is 40.7 Å². The molecule has 0 unspecified atom stereocenters. The molecule has 0 atom stereocenters. The molecular formula is C20H22O2. The number of methoxy groups -OCH3 is 1. The molecule has 22 heavy (non-hydrogen) atoms. The van der Waals surface area contributed by atoms with Gasteiger partial charge in [0.15, 0.2) is 0 Å². The van der Waals surface area contributed by atoms with Gasteiger partial charge in [0.1, 0.15) is 0 Å². The third kappa shape index (κ3) is 4.59. The van der Waals surface area contributed by atoms with Crippen LogP contribution in [0.3, 0.4) is 0 Å². The zero-order valence-electron chi connectivity index (χ0n) is 13.4. The van der Waals surface area contributed by atoms with Gasteiger partial charge in [-0.1, -0.05) is 62.4 Å². The van der Waals surface area contributed by atoms with Crippen molar-refractivity contribution in [2.75, 3.05) is 7.11 Å². The smallest absolute Gasteiger partial charge is 0.330 e. The average Bonchev–Trinajstić information content (AvgIpc) is 2.53. The lowest BCUT2D eigenvalue weighted by Crippen LogP contribution is -1.93. The number of carbonyl (C=O) groups excluding carboxylic acids is 1. The number of carbonyl (C=O) groups is 1. The average molecular weight is 294 g/mol. The van der Waals surface area contributed by atoms with Crippen molar-refractivity contribution in [1.82, 2.24) is 0 Å². The molecule has 0 bridgehead atoms.